The minimum Gasteiger partial charge on any atom is -0.352 e. The van der Waals surface area contributed by atoms with Crippen LogP contribution in [0.15, 0.2) is 42.7 Å². The lowest BCUT2D eigenvalue weighted by atomic mass is 10.0. The second kappa shape index (κ2) is 6.34. The van der Waals surface area contributed by atoms with Crippen LogP contribution in [0.2, 0.25) is 0 Å². The second-order valence-corrected chi connectivity index (χ2v) is 4.99. The van der Waals surface area contributed by atoms with Crippen LogP contribution in [0.4, 0.5) is 0 Å². The monoisotopic (exact) mass is 272 g/mol. The van der Waals surface area contributed by atoms with Crippen molar-refractivity contribution >= 4 is 5.91 Å². The van der Waals surface area contributed by atoms with Gasteiger partial charge in [-0.05, 0) is 19.1 Å². The van der Waals surface area contributed by atoms with Crippen LogP contribution in [0.3, 0.4) is 0 Å². The van der Waals surface area contributed by atoms with E-state index in [-0.39, 0.29) is 17.9 Å². The summed E-state index contributed by atoms with van der Waals surface area (Å²) >= 11 is 0. The summed E-state index contributed by atoms with van der Waals surface area (Å²) in [5, 5.41) is 7.16. The summed E-state index contributed by atoms with van der Waals surface area (Å²) in [5.41, 5.74) is 7.66. The molecule has 0 fully saturated rings. The molecule has 0 bridgehead atoms. The molecular weight excluding hydrogens is 252 g/mol. The van der Waals surface area contributed by atoms with Crippen molar-refractivity contribution in [2.24, 2.45) is 11.7 Å². The molecule has 0 saturated carbocycles. The predicted octanol–water partition coefficient (Wildman–Crippen LogP) is 1.47. The summed E-state index contributed by atoms with van der Waals surface area (Å²) in [6, 6.07) is 9.69. The van der Waals surface area contributed by atoms with E-state index < -0.39 is 0 Å². The van der Waals surface area contributed by atoms with Crippen molar-refractivity contribution in [1.82, 2.24) is 15.1 Å². The summed E-state index contributed by atoms with van der Waals surface area (Å²) in [5.74, 6) is -0.230. The smallest absolute Gasteiger partial charge is 0.224 e. The van der Waals surface area contributed by atoms with Gasteiger partial charge < -0.3 is 11.1 Å². The van der Waals surface area contributed by atoms with Gasteiger partial charge in [0.1, 0.15) is 0 Å². The van der Waals surface area contributed by atoms with Crippen LogP contribution in [0.25, 0.3) is 5.69 Å². The average Bonchev–Trinajstić information content (AvgIpc) is 2.93. The Balaban J connectivity index is 1.96. The van der Waals surface area contributed by atoms with E-state index in [0.29, 0.717) is 6.54 Å². The Morgan fingerprint density at radius 3 is 2.70 bits per heavy atom. The first-order chi connectivity index (χ1) is 9.58. The molecule has 3 N–H and O–H groups in total. The molecule has 0 aliphatic carbocycles. The molecule has 1 heterocycles. The first kappa shape index (κ1) is 14.3. The van der Waals surface area contributed by atoms with E-state index in [1.165, 1.54) is 0 Å². The molecule has 2 rings (SSSR count). The Kier molecular flexibility index (Phi) is 4.53. The lowest BCUT2D eigenvalue weighted by Crippen LogP contribution is -2.38. The van der Waals surface area contributed by atoms with E-state index in [1.807, 2.05) is 50.4 Å². The lowest BCUT2D eigenvalue weighted by Gasteiger charge is -2.14. The van der Waals surface area contributed by atoms with Crippen LogP contribution in [-0.2, 0) is 11.3 Å². The van der Waals surface area contributed by atoms with E-state index in [9.17, 15) is 4.79 Å². The molecule has 2 aromatic rings. The van der Waals surface area contributed by atoms with Crippen LogP contribution in [0, 0.1) is 5.92 Å². The number of hydrogen-bond donors (Lipinski definition) is 2. The molecule has 5 heteroatoms. The molecule has 0 aliphatic rings. The highest BCUT2D eigenvalue weighted by Crippen LogP contribution is 2.08. The second-order valence-electron chi connectivity index (χ2n) is 4.99. The molecule has 0 saturated heterocycles. The number of hydrogen-bond acceptors (Lipinski definition) is 3. The van der Waals surface area contributed by atoms with Crippen LogP contribution >= 0.6 is 0 Å². The summed E-state index contributed by atoms with van der Waals surface area (Å²) < 4.78 is 1.79. The van der Waals surface area contributed by atoms with E-state index in [0.717, 1.165) is 11.3 Å². The van der Waals surface area contributed by atoms with Gasteiger partial charge in [-0.15, -0.1) is 0 Å². The SMILES string of the molecule is CC(N)C(C)C(=O)NCc1cnn(-c2ccccc2)c1. The normalized spacial score (nSPS) is 13.8. The number of nitrogens with two attached hydrogens (primary N) is 1. The topological polar surface area (TPSA) is 72.9 Å². The van der Waals surface area contributed by atoms with Gasteiger partial charge in [-0.1, -0.05) is 25.1 Å². The highest BCUT2D eigenvalue weighted by Gasteiger charge is 2.16. The van der Waals surface area contributed by atoms with Gasteiger partial charge in [0, 0.05) is 30.3 Å². The molecule has 1 aromatic carbocycles. The van der Waals surface area contributed by atoms with Crippen LogP contribution in [0.5, 0.6) is 0 Å². The van der Waals surface area contributed by atoms with Crippen molar-refractivity contribution in [3.63, 3.8) is 0 Å². The number of para-hydroxylation sites is 1. The number of amides is 1. The Hall–Kier alpha value is -2.14. The van der Waals surface area contributed by atoms with Gasteiger partial charge in [0.2, 0.25) is 5.91 Å². The molecule has 106 valence electrons. The highest BCUT2D eigenvalue weighted by atomic mass is 16.1. The third-order valence-electron chi connectivity index (χ3n) is 3.33. The van der Waals surface area contributed by atoms with Crippen molar-refractivity contribution in [3.8, 4) is 5.69 Å². The molecule has 5 nitrogen and oxygen atoms in total. The first-order valence-electron chi connectivity index (χ1n) is 6.70. The third kappa shape index (κ3) is 3.45. The van der Waals surface area contributed by atoms with Gasteiger partial charge in [-0.3, -0.25) is 4.79 Å². The van der Waals surface area contributed by atoms with Crippen LogP contribution in [0.1, 0.15) is 19.4 Å². The zero-order chi connectivity index (χ0) is 14.5. The molecule has 2 atom stereocenters. The number of carbonyl (C=O) groups is 1. The summed E-state index contributed by atoms with van der Waals surface area (Å²) in [6.07, 6.45) is 3.66. The lowest BCUT2D eigenvalue weighted by molar-refractivity contribution is -0.125. The number of rotatable bonds is 5. The van der Waals surface area contributed by atoms with Crippen molar-refractivity contribution in [2.75, 3.05) is 0 Å². The maximum atomic E-state index is 11.8. The van der Waals surface area contributed by atoms with Gasteiger partial charge in [-0.2, -0.15) is 5.10 Å². The zero-order valence-corrected chi connectivity index (χ0v) is 11.8. The van der Waals surface area contributed by atoms with E-state index in [2.05, 4.69) is 10.4 Å². The number of benzene rings is 1. The van der Waals surface area contributed by atoms with Crippen LogP contribution < -0.4 is 11.1 Å². The van der Waals surface area contributed by atoms with Crippen LogP contribution in [-0.4, -0.2) is 21.7 Å². The van der Waals surface area contributed by atoms with E-state index >= 15 is 0 Å². The first-order valence-corrected chi connectivity index (χ1v) is 6.70. The number of nitrogens with zero attached hydrogens (tertiary/aromatic N) is 2. The fraction of sp³-hybridized carbons (Fsp3) is 0.333. The number of carbonyl (C=O) groups excluding carboxylic acids is 1. The third-order valence-corrected chi connectivity index (χ3v) is 3.33. The predicted molar refractivity (Wildman–Crippen MR) is 78.2 cm³/mol. The van der Waals surface area contributed by atoms with Gasteiger partial charge >= 0.3 is 0 Å². The van der Waals surface area contributed by atoms with Gasteiger partial charge in [0.05, 0.1) is 11.9 Å². The molecule has 1 amide bonds. The fourth-order valence-electron chi connectivity index (χ4n) is 1.76. The highest BCUT2D eigenvalue weighted by molar-refractivity contribution is 5.78. The summed E-state index contributed by atoms with van der Waals surface area (Å²) in [4.78, 5) is 11.8. The van der Waals surface area contributed by atoms with E-state index in [4.69, 9.17) is 5.73 Å². The molecule has 20 heavy (non-hydrogen) atoms. The average molecular weight is 272 g/mol. The Bertz CT molecular complexity index is 562. The van der Waals surface area contributed by atoms with Crippen molar-refractivity contribution < 1.29 is 4.79 Å². The van der Waals surface area contributed by atoms with Crippen molar-refractivity contribution in [2.45, 2.75) is 26.4 Å². The largest absolute Gasteiger partial charge is 0.352 e. The zero-order valence-electron chi connectivity index (χ0n) is 11.8. The minimum atomic E-state index is -0.195. The molecule has 2 unspecified atom stereocenters. The summed E-state index contributed by atoms with van der Waals surface area (Å²) in [7, 11) is 0. The number of aromatic nitrogens is 2. The fourth-order valence-corrected chi connectivity index (χ4v) is 1.76. The Morgan fingerprint density at radius 2 is 2.05 bits per heavy atom. The molecular formula is C15H20N4O. The van der Waals surface area contributed by atoms with Gasteiger partial charge in [-0.25, -0.2) is 4.68 Å². The standard InChI is InChI=1S/C15H20N4O/c1-11(12(2)16)15(20)17-8-13-9-18-19(10-13)14-6-4-3-5-7-14/h3-7,9-12H,8,16H2,1-2H3,(H,17,20). The van der Waals surface area contributed by atoms with Gasteiger partial charge in [0.15, 0.2) is 0 Å². The molecule has 0 aliphatic heterocycles. The Labute approximate surface area is 118 Å². The maximum Gasteiger partial charge on any atom is 0.224 e. The van der Waals surface area contributed by atoms with Crippen molar-refractivity contribution in [1.29, 1.82) is 0 Å². The van der Waals surface area contributed by atoms with E-state index in [1.54, 1.807) is 10.9 Å². The molecule has 0 radical (unpaired) electrons. The van der Waals surface area contributed by atoms with Crippen molar-refractivity contribution in [3.05, 3.63) is 48.3 Å². The van der Waals surface area contributed by atoms with Gasteiger partial charge in [0.25, 0.3) is 0 Å². The maximum absolute atomic E-state index is 11.8. The minimum absolute atomic E-state index is 0.0348. The quantitative estimate of drug-likeness (QED) is 0.865. The Morgan fingerprint density at radius 1 is 1.35 bits per heavy atom. The molecule has 1 aromatic heterocycles. The summed E-state index contributed by atoms with van der Waals surface area (Å²) in [6.45, 7) is 4.12. The molecule has 0 spiro atoms. The number of nitrogens with one attached hydrogen (secondary N) is 1.